The highest BCUT2D eigenvalue weighted by Gasteiger charge is 2.43. The Morgan fingerprint density at radius 3 is 2.28 bits per heavy atom. The van der Waals surface area contributed by atoms with Gasteiger partial charge in [-0.2, -0.15) is 13.2 Å². The number of hydrogen-bond acceptors (Lipinski definition) is 1. The highest BCUT2D eigenvalue weighted by atomic mass is 19.4. The van der Waals surface area contributed by atoms with Crippen LogP contribution in [-0.4, -0.2) is 17.4 Å². The molecule has 0 aliphatic heterocycles. The lowest BCUT2D eigenvalue weighted by Gasteiger charge is -2.34. The van der Waals surface area contributed by atoms with Crippen LogP contribution in [0.15, 0.2) is 0 Å². The zero-order chi connectivity index (χ0) is 13.8. The van der Waals surface area contributed by atoms with Crippen molar-refractivity contribution >= 4 is 0 Å². The van der Waals surface area contributed by atoms with E-state index < -0.39 is 18.2 Å². The average molecular weight is 266 g/mol. The molecule has 0 radical (unpaired) electrons. The largest absolute Gasteiger partial charge is 0.393 e. The van der Waals surface area contributed by atoms with Gasteiger partial charge in [0.05, 0.1) is 12.0 Å². The first-order chi connectivity index (χ1) is 8.38. The lowest BCUT2D eigenvalue weighted by molar-refractivity contribution is -0.189. The van der Waals surface area contributed by atoms with Gasteiger partial charge in [-0.05, 0) is 37.5 Å². The molecule has 1 saturated carbocycles. The highest BCUT2D eigenvalue weighted by molar-refractivity contribution is 4.82. The van der Waals surface area contributed by atoms with Crippen LogP contribution in [-0.2, 0) is 0 Å². The van der Waals surface area contributed by atoms with E-state index in [4.69, 9.17) is 0 Å². The van der Waals surface area contributed by atoms with E-state index in [1.54, 1.807) is 0 Å². The van der Waals surface area contributed by atoms with Gasteiger partial charge in [0, 0.05) is 0 Å². The maximum atomic E-state index is 12.7. The smallest absolute Gasteiger partial charge is 0.391 e. The number of hydrogen-bond donors (Lipinski definition) is 1. The topological polar surface area (TPSA) is 20.2 Å². The second kappa shape index (κ2) is 6.78. The van der Waals surface area contributed by atoms with Gasteiger partial charge < -0.3 is 5.11 Å². The van der Waals surface area contributed by atoms with E-state index in [2.05, 4.69) is 13.8 Å². The van der Waals surface area contributed by atoms with Crippen molar-refractivity contribution in [3.8, 4) is 0 Å². The first-order valence-corrected chi connectivity index (χ1v) is 7.13. The quantitative estimate of drug-likeness (QED) is 0.774. The number of rotatable bonds is 5. The molecule has 0 spiro atoms. The molecule has 3 unspecified atom stereocenters. The molecule has 0 aromatic carbocycles. The van der Waals surface area contributed by atoms with Crippen LogP contribution in [0.3, 0.4) is 0 Å². The summed E-state index contributed by atoms with van der Waals surface area (Å²) in [6.45, 7) is 4.14. The molecule has 0 aromatic rings. The fourth-order valence-electron chi connectivity index (χ4n) is 3.03. The summed E-state index contributed by atoms with van der Waals surface area (Å²) in [5, 5.41) is 10.1. The van der Waals surface area contributed by atoms with Crippen LogP contribution < -0.4 is 0 Å². The van der Waals surface area contributed by atoms with Gasteiger partial charge in [-0.3, -0.25) is 0 Å². The summed E-state index contributed by atoms with van der Waals surface area (Å²) in [5.74, 6) is -0.926. The summed E-state index contributed by atoms with van der Waals surface area (Å²) in [5.41, 5.74) is 0. The van der Waals surface area contributed by atoms with Crippen molar-refractivity contribution in [1.29, 1.82) is 0 Å². The van der Waals surface area contributed by atoms with E-state index >= 15 is 0 Å². The van der Waals surface area contributed by atoms with E-state index in [-0.39, 0.29) is 18.8 Å². The van der Waals surface area contributed by atoms with E-state index in [0.29, 0.717) is 18.8 Å². The fourth-order valence-corrected chi connectivity index (χ4v) is 3.03. The van der Waals surface area contributed by atoms with Crippen LogP contribution >= 0.6 is 0 Å². The van der Waals surface area contributed by atoms with Crippen molar-refractivity contribution in [3.05, 3.63) is 0 Å². The molecule has 1 rings (SSSR count). The third kappa shape index (κ3) is 4.45. The van der Waals surface area contributed by atoms with Gasteiger partial charge in [0.2, 0.25) is 0 Å². The number of aliphatic hydroxyl groups excluding tert-OH is 1. The molecule has 1 aliphatic carbocycles. The minimum atomic E-state index is -4.09. The molecular weight excluding hydrogens is 241 g/mol. The van der Waals surface area contributed by atoms with Gasteiger partial charge in [-0.1, -0.05) is 33.1 Å². The maximum absolute atomic E-state index is 12.7. The second-order valence-corrected chi connectivity index (χ2v) is 5.65. The zero-order valence-electron chi connectivity index (χ0n) is 11.3. The first kappa shape index (κ1) is 15.8. The van der Waals surface area contributed by atoms with E-state index in [9.17, 15) is 18.3 Å². The lowest BCUT2D eigenvalue weighted by Crippen LogP contribution is -2.34. The molecule has 18 heavy (non-hydrogen) atoms. The van der Waals surface area contributed by atoms with E-state index in [0.717, 1.165) is 19.3 Å². The molecule has 0 heterocycles. The van der Waals surface area contributed by atoms with Gasteiger partial charge >= 0.3 is 6.18 Å². The van der Waals surface area contributed by atoms with Crippen LogP contribution in [0.25, 0.3) is 0 Å². The van der Waals surface area contributed by atoms with Crippen LogP contribution in [0, 0.1) is 17.8 Å². The van der Waals surface area contributed by atoms with Crippen molar-refractivity contribution in [2.24, 2.45) is 17.8 Å². The minimum absolute atomic E-state index is 0.116. The Labute approximate surface area is 108 Å². The van der Waals surface area contributed by atoms with Gasteiger partial charge in [-0.25, -0.2) is 0 Å². The van der Waals surface area contributed by atoms with Gasteiger partial charge in [-0.15, -0.1) is 0 Å². The molecular formula is C14H25F3O. The van der Waals surface area contributed by atoms with Crippen LogP contribution in [0.4, 0.5) is 13.2 Å². The molecule has 1 N–H and O–H groups in total. The predicted molar refractivity (Wildman–Crippen MR) is 66.2 cm³/mol. The fraction of sp³-hybridized carbons (Fsp3) is 1.00. The number of aliphatic hydroxyl groups is 1. The summed E-state index contributed by atoms with van der Waals surface area (Å²) < 4.78 is 38.1. The Morgan fingerprint density at radius 1 is 1.17 bits per heavy atom. The minimum Gasteiger partial charge on any atom is -0.393 e. The highest BCUT2D eigenvalue weighted by Crippen LogP contribution is 2.41. The summed E-state index contributed by atoms with van der Waals surface area (Å²) in [7, 11) is 0. The van der Waals surface area contributed by atoms with Gasteiger partial charge in [0.1, 0.15) is 0 Å². The van der Waals surface area contributed by atoms with Crippen molar-refractivity contribution in [1.82, 2.24) is 0 Å². The average Bonchev–Trinajstić information content (AvgIpc) is 2.34. The third-order valence-electron chi connectivity index (χ3n) is 4.45. The molecule has 0 bridgehead atoms. The third-order valence-corrected chi connectivity index (χ3v) is 4.45. The van der Waals surface area contributed by atoms with Gasteiger partial charge in [0.15, 0.2) is 0 Å². The first-order valence-electron chi connectivity index (χ1n) is 7.13. The second-order valence-electron chi connectivity index (χ2n) is 5.65. The monoisotopic (exact) mass is 266 g/mol. The SMILES string of the molecule is CCC(CC)CC(O)C1CCCC(C(F)(F)F)C1. The van der Waals surface area contributed by atoms with Crippen molar-refractivity contribution in [2.45, 2.75) is 71.1 Å². The summed E-state index contributed by atoms with van der Waals surface area (Å²) >= 11 is 0. The standard InChI is InChI=1S/C14H25F3O/c1-3-10(4-2)8-13(18)11-6-5-7-12(9-11)14(15,16)17/h10-13,18H,3-9H2,1-2H3. The normalized spacial score (nSPS) is 27.5. The van der Waals surface area contributed by atoms with Crippen molar-refractivity contribution in [3.63, 3.8) is 0 Å². The lowest BCUT2D eigenvalue weighted by atomic mass is 9.76. The van der Waals surface area contributed by atoms with Crippen LogP contribution in [0.2, 0.25) is 0 Å². The molecule has 1 fully saturated rings. The Bertz CT molecular complexity index is 236. The molecule has 0 amide bonds. The Kier molecular flexibility index (Phi) is 5.96. The molecule has 0 saturated heterocycles. The van der Waals surface area contributed by atoms with Gasteiger partial charge in [0.25, 0.3) is 0 Å². The molecule has 4 heteroatoms. The molecule has 3 atom stereocenters. The molecule has 108 valence electrons. The Morgan fingerprint density at radius 2 is 1.78 bits per heavy atom. The van der Waals surface area contributed by atoms with Crippen molar-refractivity contribution < 1.29 is 18.3 Å². The predicted octanol–water partition coefficient (Wildman–Crippen LogP) is 4.54. The summed E-state index contributed by atoms with van der Waals surface area (Å²) in [6.07, 6.45) is -0.327. The molecule has 1 nitrogen and oxygen atoms in total. The number of alkyl halides is 3. The Balaban J connectivity index is 2.50. The Hall–Kier alpha value is -0.250. The molecule has 0 aromatic heterocycles. The zero-order valence-corrected chi connectivity index (χ0v) is 11.3. The van der Waals surface area contributed by atoms with E-state index in [1.807, 2.05) is 0 Å². The maximum Gasteiger partial charge on any atom is 0.391 e. The summed E-state index contributed by atoms with van der Waals surface area (Å²) in [4.78, 5) is 0. The van der Waals surface area contributed by atoms with Crippen molar-refractivity contribution in [2.75, 3.05) is 0 Å². The molecule has 1 aliphatic rings. The summed E-state index contributed by atoms with van der Waals surface area (Å²) in [6, 6.07) is 0. The number of halogens is 3. The van der Waals surface area contributed by atoms with Crippen LogP contribution in [0.1, 0.15) is 58.8 Å². The van der Waals surface area contributed by atoms with E-state index in [1.165, 1.54) is 0 Å². The van der Waals surface area contributed by atoms with Crippen LogP contribution in [0.5, 0.6) is 0 Å².